The van der Waals surface area contributed by atoms with Gasteiger partial charge in [0.2, 0.25) is 17.7 Å². The van der Waals surface area contributed by atoms with Crippen molar-refractivity contribution in [1.29, 1.82) is 0 Å². The maximum atomic E-state index is 13.4. The molecule has 2 fully saturated rings. The monoisotopic (exact) mass is 449 g/mol. The van der Waals surface area contributed by atoms with Crippen LogP contribution in [0.25, 0.3) is 0 Å². The van der Waals surface area contributed by atoms with Crippen molar-refractivity contribution in [2.75, 3.05) is 25.6 Å². The standard InChI is InChI=1S/C20H24BrN3O4/c1-10(2)16-14-15(18(26)24(17(14)25)7-4-8-28-3)20(23-16)12-9-11(21)5-6-13(12)22-19(20)27/h5-6,9-10,14-16,23H,4,7-8H2,1-3H3,(H,22,27)/t14-,15-,16?,20?/m0/s1. The predicted molar refractivity (Wildman–Crippen MR) is 106 cm³/mol. The average molecular weight is 450 g/mol. The molecule has 150 valence electrons. The molecule has 28 heavy (non-hydrogen) atoms. The van der Waals surface area contributed by atoms with Crippen molar-refractivity contribution in [3.8, 4) is 0 Å². The highest BCUT2D eigenvalue weighted by Crippen LogP contribution is 2.54. The topological polar surface area (TPSA) is 87.7 Å². The van der Waals surface area contributed by atoms with Crippen molar-refractivity contribution >= 4 is 39.3 Å². The van der Waals surface area contributed by atoms with Crippen molar-refractivity contribution in [2.24, 2.45) is 17.8 Å². The Morgan fingerprint density at radius 1 is 1.25 bits per heavy atom. The molecule has 1 aromatic rings. The lowest BCUT2D eigenvalue weighted by Gasteiger charge is -2.30. The molecule has 2 unspecified atom stereocenters. The van der Waals surface area contributed by atoms with Crippen LogP contribution < -0.4 is 10.6 Å². The first-order chi connectivity index (χ1) is 13.3. The molecule has 1 spiro atoms. The average Bonchev–Trinajstić information content (AvgIpc) is 3.23. The zero-order chi connectivity index (χ0) is 20.2. The molecular formula is C20H24BrN3O4. The first-order valence-electron chi connectivity index (χ1n) is 9.56. The lowest BCUT2D eigenvalue weighted by atomic mass is 9.76. The second kappa shape index (κ2) is 6.93. The van der Waals surface area contributed by atoms with Gasteiger partial charge in [-0.1, -0.05) is 29.8 Å². The molecule has 3 aliphatic heterocycles. The molecule has 3 heterocycles. The molecule has 8 heteroatoms. The van der Waals surface area contributed by atoms with Gasteiger partial charge in [0.15, 0.2) is 0 Å². The van der Waals surface area contributed by atoms with E-state index in [2.05, 4.69) is 26.6 Å². The number of nitrogens with one attached hydrogen (secondary N) is 2. The number of fused-ring (bicyclic) bond motifs is 4. The summed E-state index contributed by atoms with van der Waals surface area (Å²) < 4.78 is 5.89. The summed E-state index contributed by atoms with van der Waals surface area (Å²) in [6, 6.07) is 5.28. The molecule has 2 saturated heterocycles. The van der Waals surface area contributed by atoms with Crippen LogP contribution in [0.5, 0.6) is 0 Å². The fraction of sp³-hybridized carbons (Fsp3) is 0.550. The second-order valence-electron chi connectivity index (χ2n) is 8.04. The van der Waals surface area contributed by atoms with Crippen LogP contribution in [0.4, 0.5) is 5.69 Å². The van der Waals surface area contributed by atoms with E-state index in [4.69, 9.17) is 4.74 Å². The van der Waals surface area contributed by atoms with Gasteiger partial charge in [0.1, 0.15) is 5.54 Å². The van der Waals surface area contributed by atoms with E-state index < -0.39 is 17.4 Å². The minimum Gasteiger partial charge on any atom is -0.385 e. The third-order valence-electron chi connectivity index (χ3n) is 6.15. The Kier molecular flexibility index (Phi) is 4.84. The molecule has 4 atom stereocenters. The van der Waals surface area contributed by atoms with Crippen molar-refractivity contribution in [3.05, 3.63) is 28.2 Å². The van der Waals surface area contributed by atoms with Crippen molar-refractivity contribution in [1.82, 2.24) is 10.2 Å². The molecule has 0 aliphatic carbocycles. The molecule has 4 rings (SSSR count). The zero-order valence-corrected chi connectivity index (χ0v) is 17.7. The van der Waals surface area contributed by atoms with E-state index in [1.54, 1.807) is 7.11 Å². The lowest BCUT2D eigenvalue weighted by molar-refractivity contribution is -0.143. The molecule has 0 saturated carbocycles. The number of ether oxygens (including phenoxy) is 1. The summed E-state index contributed by atoms with van der Waals surface area (Å²) in [4.78, 5) is 41.1. The number of anilines is 1. The Bertz CT molecular complexity index is 858. The molecule has 1 aromatic carbocycles. The summed E-state index contributed by atoms with van der Waals surface area (Å²) in [6.07, 6.45) is 0.578. The Balaban J connectivity index is 1.81. The van der Waals surface area contributed by atoms with Crippen LogP contribution in [-0.4, -0.2) is 48.9 Å². The van der Waals surface area contributed by atoms with E-state index in [0.717, 1.165) is 10.0 Å². The number of likely N-dealkylation sites (tertiary alicyclic amines) is 1. The predicted octanol–water partition coefficient (Wildman–Crippen LogP) is 1.86. The van der Waals surface area contributed by atoms with Gasteiger partial charge in [0.05, 0.1) is 11.8 Å². The summed E-state index contributed by atoms with van der Waals surface area (Å²) in [6.45, 7) is 4.80. The van der Waals surface area contributed by atoms with Crippen LogP contribution in [0, 0.1) is 17.8 Å². The molecule has 3 aliphatic rings. The fourth-order valence-corrected chi connectivity index (χ4v) is 5.29. The van der Waals surface area contributed by atoms with Crippen molar-refractivity contribution < 1.29 is 19.1 Å². The molecule has 3 amide bonds. The Morgan fingerprint density at radius 3 is 2.68 bits per heavy atom. The number of halogens is 1. The molecule has 2 N–H and O–H groups in total. The maximum Gasteiger partial charge on any atom is 0.250 e. The number of carbonyl (C=O) groups excluding carboxylic acids is 3. The normalized spacial score (nSPS) is 31.1. The van der Waals surface area contributed by atoms with Crippen LogP contribution in [0.1, 0.15) is 25.8 Å². The van der Waals surface area contributed by atoms with Gasteiger partial charge < -0.3 is 10.1 Å². The second-order valence-corrected chi connectivity index (χ2v) is 8.96. The Labute approximate surface area is 172 Å². The van der Waals surface area contributed by atoms with Gasteiger partial charge >= 0.3 is 0 Å². The maximum absolute atomic E-state index is 13.4. The van der Waals surface area contributed by atoms with Gasteiger partial charge in [-0.2, -0.15) is 0 Å². The van der Waals surface area contributed by atoms with E-state index in [0.29, 0.717) is 25.3 Å². The van der Waals surface area contributed by atoms with Crippen molar-refractivity contribution in [2.45, 2.75) is 31.8 Å². The first kappa shape index (κ1) is 19.5. The van der Waals surface area contributed by atoms with Crippen LogP contribution in [-0.2, 0) is 24.7 Å². The molecule has 7 nitrogen and oxygen atoms in total. The number of amides is 3. The van der Waals surface area contributed by atoms with Crippen LogP contribution in [0.2, 0.25) is 0 Å². The van der Waals surface area contributed by atoms with Gasteiger partial charge in [0.25, 0.3) is 0 Å². The smallest absolute Gasteiger partial charge is 0.250 e. The van der Waals surface area contributed by atoms with Crippen molar-refractivity contribution in [3.63, 3.8) is 0 Å². The summed E-state index contributed by atoms with van der Waals surface area (Å²) >= 11 is 3.47. The van der Waals surface area contributed by atoms with Gasteiger partial charge in [-0.05, 0) is 30.5 Å². The first-order valence-corrected chi connectivity index (χ1v) is 10.4. The minimum atomic E-state index is -1.22. The fourth-order valence-electron chi connectivity index (χ4n) is 4.93. The number of imide groups is 1. The highest BCUT2D eigenvalue weighted by molar-refractivity contribution is 9.10. The lowest BCUT2D eigenvalue weighted by Crippen LogP contribution is -2.54. The summed E-state index contributed by atoms with van der Waals surface area (Å²) in [7, 11) is 1.59. The molecular weight excluding hydrogens is 426 g/mol. The summed E-state index contributed by atoms with van der Waals surface area (Å²) in [5, 5.41) is 6.33. The number of benzene rings is 1. The van der Waals surface area contributed by atoms with E-state index in [-0.39, 0.29) is 29.7 Å². The highest BCUT2D eigenvalue weighted by Gasteiger charge is 2.70. The third-order valence-corrected chi connectivity index (χ3v) is 6.64. The quantitative estimate of drug-likeness (QED) is 0.529. The third kappa shape index (κ3) is 2.58. The minimum absolute atomic E-state index is 0.0894. The van der Waals surface area contributed by atoms with Gasteiger partial charge in [0, 0.05) is 42.0 Å². The largest absolute Gasteiger partial charge is 0.385 e. The van der Waals surface area contributed by atoms with E-state index in [9.17, 15) is 14.4 Å². The number of hydrogen-bond acceptors (Lipinski definition) is 5. The highest BCUT2D eigenvalue weighted by atomic mass is 79.9. The van der Waals surface area contributed by atoms with Crippen LogP contribution in [0.3, 0.4) is 0 Å². The van der Waals surface area contributed by atoms with Gasteiger partial charge in [-0.15, -0.1) is 0 Å². The van der Waals surface area contributed by atoms with E-state index in [1.807, 2.05) is 32.0 Å². The summed E-state index contributed by atoms with van der Waals surface area (Å²) in [5.41, 5.74) is 0.188. The van der Waals surface area contributed by atoms with Crippen LogP contribution >= 0.6 is 15.9 Å². The van der Waals surface area contributed by atoms with E-state index in [1.165, 1.54) is 4.90 Å². The zero-order valence-electron chi connectivity index (χ0n) is 16.1. The number of rotatable bonds is 5. The SMILES string of the molecule is COCCCN1C(=O)[C@@H]2C(C(C)C)NC3(C(=O)Nc4ccc(Br)cc43)[C@@H]2C1=O. The summed E-state index contributed by atoms with van der Waals surface area (Å²) in [5.74, 6) is -1.93. The number of hydrogen-bond donors (Lipinski definition) is 2. The van der Waals surface area contributed by atoms with Gasteiger partial charge in [-0.25, -0.2) is 0 Å². The number of carbonyl (C=O) groups is 3. The Hall–Kier alpha value is -1.77. The number of nitrogens with zero attached hydrogens (tertiary/aromatic N) is 1. The van der Waals surface area contributed by atoms with Crippen LogP contribution in [0.15, 0.2) is 22.7 Å². The molecule has 0 aromatic heterocycles. The van der Waals surface area contributed by atoms with Gasteiger partial charge in [-0.3, -0.25) is 24.6 Å². The Morgan fingerprint density at radius 2 is 2.00 bits per heavy atom. The molecule has 0 radical (unpaired) electrons. The van der Waals surface area contributed by atoms with E-state index >= 15 is 0 Å². The molecule has 0 bridgehead atoms. The number of methoxy groups -OCH3 is 1.